The minimum absolute atomic E-state index is 0.183. The third kappa shape index (κ3) is 5.14. The van der Waals surface area contributed by atoms with Crippen molar-refractivity contribution < 1.29 is 4.79 Å². The monoisotopic (exact) mass is 299 g/mol. The molecule has 0 aliphatic carbocycles. The maximum atomic E-state index is 12.1. The first-order valence-electron chi connectivity index (χ1n) is 7.22. The number of rotatable bonds is 7. The van der Waals surface area contributed by atoms with Gasteiger partial charge in [0.1, 0.15) is 17.8 Å². The molecule has 1 heterocycles. The van der Waals surface area contributed by atoms with Gasteiger partial charge in [0.15, 0.2) is 0 Å². The van der Waals surface area contributed by atoms with Crippen LogP contribution >= 0.6 is 0 Å². The zero-order valence-electron chi connectivity index (χ0n) is 12.9. The van der Waals surface area contributed by atoms with E-state index in [9.17, 15) is 4.79 Å². The van der Waals surface area contributed by atoms with Gasteiger partial charge < -0.3 is 15.5 Å². The number of anilines is 2. The van der Waals surface area contributed by atoms with E-state index >= 15 is 0 Å². The highest BCUT2D eigenvalue weighted by Crippen LogP contribution is 2.13. The van der Waals surface area contributed by atoms with Crippen molar-refractivity contribution in [3.63, 3.8) is 0 Å². The van der Waals surface area contributed by atoms with Crippen LogP contribution in [0.1, 0.15) is 16.9 Å². The lowest BCUT2D eigenvalue weighted by Gasteiger charge is -2.10. The largest absolute Gasteiger partial charge is 0.351 e. The summed E-state index contributed by atoms with van der Waals surface area (Å²) >= 11 is 0. The molecule has 0 aliphatic rings. The molecular weight excluding hydrogens is 278 g/mol. The Morgan fingerprint density at radius 3 is 2.68 bits per heavy atom. The fraction of sp³-hybridized carbons (Fsp3) is 0.312. The Hall–Kier alpha value is -2.47. The molecule has 2 rings (SSSR count). The van der Waals surface area contributed by atoms with Crippen LogP contribution in [0, 0.1) is 0 Å². The van der Waals surface area contributed by atoms with Crippen LogP contribution in [0.25, 0.3) is 0 Å². The number of para-hydroxylation sites is 1. The summed E-state index contributed by atoms with van der Waals surface area (Å²) in [5, 5.41) is 6.01. The maximum Gasteiger partial charge on any atom is 0.270 e. The van der Waals surface area contributed by atoms with E-state index in [4.69, 9.17) is 0 Å². The predicted octanol–water partition coefficient (Wildman–Crippen LogP) is 1.90. The molecular formula is C16H21N5O. The molecule has 22 heavy (non-hydrogen) atoms. The van der Waals surface area contributed by atoms with Crippen LogP contribution < -0.4 is 10.6 Å². The minimum atomic E-state index is -0.183. The summed E-state index contributed by atoms with van der Waals surface area (Å²) in [4.78, 5) is 22.3. The van der Waals surface area contributed by atoms with Crippen molar-refractivity contribution in [2.75, 3.05) is 32.5 Å². The van der Waals surface area contributed by atoms with E-state index in [0.717, 1.165) is 18.7 Å². The van der Waals surface area contributed by atoms with Crippen molar-refractivity contribution in [3.8, 4) is 0 Å². The van der Waals surface area contributed by atoms with Gasteiger partial charge in [-0.05, 0) is 39.2 Å². The van der Waals surface area contributed by atoms with Gasteiger partial charge in [0.2, 0.25) is 0 Å². The molecule has 2 aromatic rings. The first kappa shape index (κ1) is 15.9. The van der Waals surface area contributed by atoms with E-state index in [-0.39, 0.29) is 5.91 Å². The second kappa shape index (κ2) is 8.09. The van der Waals surface area contributed by atoms with E-state index in [1.807, 2.05) is 44.4 Å². The lowest BCUT2D eigenvalue weighted by Crippen LogP contribution is -2.27. The topological polar surface area (TPSA) is 70.2 Å². The summed E-state index contributed by atoms with van der Waals surface area (Å²) < 4.78 is 0. The number of benzene rings is 1. The number of amides is 1. The molecule has 0 unspecified atom stereocenters. The van der Waals surface area contributed by atoms with Gasteiger partial charge in [-0.25, -0.2) is 9.97 Å². The molecule has 0 saturated carbocycles. The molecule has 0 saturated heterocycles. The van der Waals surface area contributed by atoms with Crippen LogP contribution in [0.5, 0.6) is 0 Å². The van der Waals surface area contributed by atoms with Crippen molar-refractivity contribution in [1.82, 2.24) is 20.2 Å². The van der Waals surface area contributed by atoms with Gasteiger partial charge in [0.05, 0.1) is 0 Å². The Morgan fingerprint density at radius 1 is 1.18 bits per heavy atom. The van der Waals surface area contributed by atoms with Crippen LogP contribution in [0.3, 0.4) is 0 Å². The predicted molar refractivity (Wildman–Crippen MR) is 87.3 cm³/mol. The SMILES string of the molecule is CN(C)CCCNC(=O)c1cc(Nc2ccccc2)ncn1. The van der Waals surface area contributed by atoms with Crippen molar-refractivity contribution in [2.24, 2.45) is 0 Å². The van der Waals surface area contributed by atoms with Gasteiger partial charge in [0, 0.05) is 18.3 Å². The Kier molecular flexibility index (Phi) is 5.85. The minimum Gasteiger partial charge on any atom is -0.351 e. The first-order valence-corrected chi connectivity index (χ1v) is 7.22. The summed E-state index contributed by atoms with van der Waals surface area (Å²) in [6.45, 7) is 1.56. The second-order valence-electron chi connectivity index (χ2n) is 5.19. The number of nitrogens with one attached hydrogen (secondary N) is 2. The molecule has 0 radical (unpaired) electrons. The fourth-order valence-corrected chi connectivity index (χ4v) is 1.91. The number of aromatic nitrogens is 2. The Balaban J connectivity index is 1.91. The van der Waals surface area contributed by atoms with Crippen molar-refractivity contribution >= 4 is 17.4 Å². The number of hydrogen-bond donors (Lipinski definition) is 2. The number of hydrogen-bond acceptors (Lipinski definition) is 5. The average Bonchev–Trinajstić information content (AvgIpc) is 2.52. The quantitative estimate of drug-likeness (QED) is 0.764. The summed E-state index contributed by atoms with van der Waals surface area (Å²) in [5.41, 5.74) is 1.27. The number of nitrogens with zero attached hydrogens (tertiary/aromatic N) is 3. The van der Waals surface area contributed by atoms with Crippen LogP contribution in [0.2, 0.25) is 0 Å². The van der Waals surface area contributed by atoms with Crippen LogP contribution in [-0.2, 0) is 0 Å². The third-order valence-electron chi connectivity index (χ3n) is 3.01. The average molecular weight is 299 g/mol. The van der Waals surface area contributed by atoms with Crippen molar-refractivity contribution in [2.45, 2.75) is 6.42 Å². The molecule has 0 fully saturated rings. The molecule has 1 aromatic carbocycles. The first-order chi connectivity index (χ1) is 10.6. The van der Waals surface area contributed by atoms with Crippen LogP contribution in [-0.4, -0.2) is 48.0 Å². The summed E-state index contributed by atoms with van der Waals surface area (Å²) in [7, 11) is 4.02. The van der Waals surface area contributed by atoms with Gasteiger partial charge in [-0.2, -0.15) is 0 Å². The fourth-order valence-electron chi connectivity index (χ4n) is 1.91. The maximum absolute atomic E-state index is 12.1. The standard InChI is InChI=1S/C16H21N5O/c1-21(2)10-6-9-17-16(22)14-11-15(19-12-18-14)20-13-7-4-3-5-8-13/h3-5,7-8,11-12H,6,9-10H2,1-2H3,(H,17,22)(H,18,19,20). The molecule has 0 aliphatic heterocycles. The Morgan fingerprint density at radius 2 is 1.95 bits per heavy atom. The summed E-state index contributed by atoms with van der Waals surface area (Å²) in [6, 6.07) is 11.3. The van der Waals surface area contributed by atoms with Crippen LogP contribution in [0.4, 0.5) is 11.5 Å². The zero-order chi connectivity index (χ0) is 15.8. The molecule has 0 spiro atoms. The molecule has 1 amide bonds. The highest BCUT2D eigenvalue weighted by molar-refractivity contribution is 5.92. The van der Waals surface area contributed by atoms with Crippen molar-refractivity contribution in [3.05, 3.63) is 48.4 Å². The lowest BCUT2D eigenvalue weighted by atomic mass is 10.3. The molecule has 0 bridgehead atoms. The van der Waals surface area contributed by atoms with Gasteiger partial charge in [0.25, 0.3) is 5.91 Å². The van der Waals surface area contributed by atoms with Crippen molar-refractivity contribution in [1.29, 1.82) is 0 Å². The van der Waals surface area contributed by atoms with E-state index in [1.54, 1.807) is 6.07 Å². The smallest absolute Gasteiger partial charge is 0.270 e. The second-order valence-corrected chi connectivity index (χ2v) is 5.19. The highest BCUT2D eigenvalue weighted by atomic mass is 16.1. The molecule has 1 aromatic heterocycles. The van der Waals surface area contributed by atoms with Gasteiger partial charge >= 0.3 is 0 Å². The van der Waals surface area contributed by atoms with E-state index in [1.165, 1.54) is 6.33 Å². The lowest BCUT2D eigenvalue weighted by molar-refractivity contribution is 0.0947. The molecule has 6 nitrogen and oxygen atoms in total. The Labute approximate surface area is 130 Å². The zero-order valence-corrected chi connectivity index (χ0v) is 12.9. The summed E-state index contributed by atoms with van der Waals surface area (Å²) in [6.07, 6.45) is 2.29. The van der Waals surface area contributed by atoms with Gasteiger partial charge in [-0.3, -0.25) is 4.79 Å². The summed E-state index contributed by atoms with van der Waals surface area (Å²) in [5.74, 6) is 0.414. The van der Waals surface area contributed by atoms with Crippen LogP contribution in [0.15, 0.2) is 42.7 Å². The van der Waals surface area contributed by atoms with E-state index in [2.05, 4.69) is 25.5 Å². The highest BCUT2D eigenvalue weighted by Gasteiger charge is 2.08. The number of carbonyl (C=O) groups excluding carboxylic acids is 1. The molecule has 6 heteroatoms. The number of carbonyl (C=O) groups is 1. The molecule has 2 N–H and O–H groups in total. The Bertz CT molecular complexity index is 600. The third-order valence-corrected chi connectivity index (χ3v) is 3.01. The van der Waals surface area contributed by atoms with E-state index in [0.29, 0.717) is 18.1 Å². The normalized spacial score (nSPS) is 10.5. The molecule has 0 atom stereocenters. The molecule has 116 valence electrons. The van der Waals surface area contributed by atoms with E-state index < -0.39 is 0 Å². The van der Waals surface area contributed by atoms with Gasteiger partial charge in [-0.15, -0.1) is 0 Å². The van der Waals surface area contributed by atoms with Gasteiger partial charge in [-0.1, -0.05) is 18.2 Å².